The fourth-order valence-corrected chi connectivity index (χ4v) is 2.12. The second-order valence-electron chi connectivity index (χ2n) is 3.69. The molecule has 0 aliphatic heterocycles. The minimum Gasteiger partial charge on any atom is -0.392 e. The number of aryl methyl sites for hydroxylation is 1. The second-order valence-corrected chi connectivity index (χ2v) is 4.75. The third-order valence-corrected chi connectivity index (χ3v) is 3.15. The Morgan fingerprint density at radius 3 is 2.72 bits per heavy atom. The molecule has 0 fully saturated rings. The Balaban J connectivity index is 2.26. The van der Waals surface area contributed by atoms with E-state index in [0.717, 1.165) is 10.7 Å². The first-order chi connectivity index (χ1) is 8.60. The van der Waals surface area contributed by atoms with Crippen molar-refractivity contribution < 1.29 is 13.9 Å². The number of hydrogen-bond acceptors (Lipinski definition) is 5. The maximum atomic E-state index is 12.7. The number of nitrogens with zero attached hydrogens (tertiary/aromatic N) is 3. The molecule has 2 heterocycles. The van der Waals surface area contributed by atoms with Crippen LogP contribution in [0.3, 0.4) is 0 Å². The Hall–Kier alpha value is -1.47. The van der Waals surface area contributed by atoms with E-state index in [9.17, 15) is 8.78 Å². The highest BCUT2D eigenvalue weighted by molar-refractivity contribution is 7.09. The first kappa shape index (κ1) is 13.0. The van der Waals surface area contributed by atoms with Crippen LogP contribution in [0.15, 0.2) is 11.6 Å². The quantitative estimate of drug-likeness (QED) is 0.926. The van der Waals surface area contributed by atoms with Crippen molar-refractivity contribution in [1.29, 1.82) is 0 Å². The molecular formula is C11H11F2N3OS. The van der Waals surface area contributed by atoms with Crippen LogP contribution in [0.1, 0.15) is 34.2 Å². The molecule has 4 nitrogen and oxygen atoms in total. The molecule has 0 saturated heterocycles. The summed E-state index contributed by atoms with van der Waals surface area (Å²) in [5.74, 6) is 0.285. The smallest absolute Gasteiger partial charge is 0.280 e. The Labute approximate surface area is 106 Å². The fraction of sp³-hybridized carbons (Fsp3) is 0.364. The highest BCUT2D eigenvalue weighted by Gasteiger charge is 2.16. The summed E-state index contributed by atoms with van der Waals surface area (Å²) in [5.41, 5.74) is 0.409. The van der Waals surface area contributed by atoms with Gasteiger partial charge in [-0.25, -0.2) is 23.7 Å². The summed E-state index contributed by atoms with van der Waals surface area (Å²) in [6, 6.07) is 0. The molecule has 0 unspecified atom stereocenters. The number of aromatic nitrogens is 3. The molecule has 0 radical (unpaired) electrons. The molecule has 0 saturated carbocycles. The summed E-state index contributed by atoms with van der Waals surface area (Å²) in [4.78, 5) is 12.0. The van der Waals surface area contributed by atoms with E-state index in [1.807, 2.05) is 12.3 Å². The van der Waals surface area contributed by atoms with E-state index in [2.05, 4.69) is 15.0 Å². The van der Waals surface area contributed by atoms with Crippen LogP contribution in [0, 0.1) is 6.92 Å². The summed E-state index contributed by atoms with van der Waals surface area (Å²) in [6.45, 7) is 1.38. The molecule has 0 aliphatic carbocycles. The number of halogens is 2. The largest absolute Gasteiger partial charge is 0.392 e. The number of alkyl halides is 2. The van der Waals surface area contributed by atoms with Crippen molar-refractivity contribution >= 4 is 11.3 Å². The Morgan fingerprint density at radius 1 is 1.39 bits per heavy atom. The lowest BCUT2D eigenvalue weighted by Gasteiger charge is -2.06. The zero-order valence-corrected chi connectivity index (χ0v) is 10.4. The highest BCUT2D eigenvalue weighted by atomic mass is 32.1. The molecule has 2 aromatic rings. The molecule has 1 N–H and O–H groups in total. The monoisotopic (exact) mass is 271 g/mol. The van der Waals surface area contributed by atoms with Crippen molar-refractivity contribution in [2.24, 2.45) is 0 Å². The molecular weight excluding hydrogens is 260 g/mol. The van der Waals surface area contributed by atoms with Gasteiger partial charge in [-0.1, -0.05) is 0 Å². The summed E-state index contributed by atoms with van der Waals surface area (Å²) in [5, 5.41) is 11.7. The average molecular weight is 271 g/mol. The summed E-state index contributed by atoms with van der Waals surface area (Å²) in [7, 11) is 0. The van der Waals surface area contributed by atoms with Gasteiger partial charge in [0.15, 0.2) is 0 Å². The van der Waals surface area contributed by atoms with Crippen LogP contribution in [0.2, 0.25) is 0 Å². The van der Waals surface area contributed by atoms with E-state index in [1.54, 1.807) is 0 Å². The van der Waals surface area contributed by atoms with E-state index in [0.29, 0.717) is 6.42 Å². The lowest BCUT2D eigenvalue weighted by atomic mass is 10.2. The van der Waals surface area contributed by atoms with Crippen LogP contribution < -0.4 is 0 Å². The number of hydrogen-bond donors (Lipinski definition) is 1. The van der Waals surface area contributed by atoms with E-state index >= 15 is 0 Å². The van der Waals surface area contributed by atoms with Gasteiger partial charge in [0.1, 0.15) is 11.5 Å². The van der Waals surface area contributed by atoms with E-state index in [-0.39, 0.29) is 11.4 Å². The van der Waals surface area contributed by atoms with Crippen molar-refractivity contribution in [3.8, 4) is 0 Å². The standard InChI is InChI=1S/C11H11F2N3OS/c1-6-15-8(5-18-6)2-9-14-3-7(4-17)10(16-9)11(12)13/h3,5,11,17H,2,4H2,1H3. The van der Waals surface area contributed by atoms with Crippen molar-refractivity contribution in [2.45, 2.75) is 26.4 Å². The number of aliphatic hydroxyl groups is 1. The predicted octanol–water partition coefficient (Wildman–Crippen LogP) is 2.26. The highest BCUT2D eigenvalue weighted by Crippen LogP contribution is 2.21. The summed E-state index contributed by atoms with van der Waals surface area (Å²) in [6.07, 6.45) is -1.16. The zero-order valence-electron chi connectivity index (χ0n) is 9.60. The first-order valence-electron chi connectivity index (χ1n) is 5.25. The van der Waals surface area contributed by atoms with Gasteiger partial charge in [-0.05, 0) is 6.92 Å². The van der Waals surface area contributed by atoms with Gasteiger partial charge in [0, 0.05) is 17.1 Å². The summed E-state index contributed by atoms with van der Waals surface area (Å²) < 4.78 is 25.4. The van der Waals surface area contributed by atoms with Gasteiger partial charge in [-0.2, -0.15) is 0 Å². The van der Waals surface area contributed by atoms with Gasteiger partial charge >= 0.3 is 0 Å². The maximum Gasteiger partial charge on any atom is 0.280 e. The molecule has 96 valence electrons. The molecule has 2 rings (SSSR count). The molecule has 0 spiro atoms. The molecule has 0 amide bonds. The molecule has 0 atom stereocenters. The van der Waals surface area contributed by atoms with Gasteiger partial charge in [-0.3, -0.25) is 0 Å². The zero-order chi connectivity index (χ0) is 13.1. The van der Waals surface area contributed by atoms with Gasteiger partial charge in [-0.15, -0.1) is 11.3 Å². The van der Waals surface area contributed by atoms with Crippen LogP contribution in [0.4, 0.5) is 8.78 Å². The SMILES string of the molecule is Cc1nc(Cc2ncc(CO)c(C(F)F)n2)cs1. The van der Waals surface area contributed by atoms with Crippen molar-refractivity contribution in [3.63, 3.8) is 0 Å². The van der Waals surface area contributed by atoms with E-state index in [1.165, 1.54) is 17.5 Å². The van der Waals surface area contributed by atoms with Gasteiger partial charge in [0.25, 0.3) is 6.43 Å². The number of thiazole rings is 1. The molecule has 18 heavy (non-hydrogen) atoms. The minimum absolute atomic E-state index is 0.0585. The summed E-state index contributed by atoms with van der Waals surface area (Å²) >= 11 is 1.49. The van der Waals surface area contributed by atoms with Crippen LogP contribution in [0.25, 0.3) is 0 Å². The lowest BCUT2D eigenvalue weighted by molar-refractivity contribution is 0.141. The average Bonchev–Trinajstić information content (AvgIpc) is 2.74. The molecule has 2 aromatic heterocycles. The maximum absolute atomic E-state index is 12.7. The van der Waals surface area contributed by atoms with E-state index in [4.69, 9.17) is 5.11 Å². The molecule has 0 aromatic carbocycles. The second kappa shape index (κ2) is 5.45. The lowest BCUT2D eigenvalue weighted by Crippen LogP contribution is -2.05. The Kier molecular flexibility index (Phi) is 3.93. The third kappa shape index (κ3) is 2.85. The van der Waals surface area contributed by atoms with Crippen molar-refractivity contribution in [1.82, 2.24) is 15.0 Å². The van der Waals surface area contributed by atoms with Crippen LogP contribution in [-0.2, 0) is 13.0 Å². The number of aliphatic hydroxyl groups excluding tert-OH is 1. The van der Waals surface area contributed by atoms with Gasteiger partial charge < -0.3 is 5.11 Å². The topological polar surface area (TPSA) is 58.9 Å². The molecule has 7 heteroatoms. The predicted molar refractivity (Wildman–Crippen MR) is 62.6 cm³/mol. The van der Waals surface area contributed by atoms with Crippen LogP contribution in [-0.4, -0.2) is 20.1 Å². The van der Waals surface area contributed by atoms with Gasteiger partial charge in [0.2, 0.25) is 0 Å². The first-order valence-corrected chi connectivity index (χ1v) is 6.13. The minimum atomic E-state index is -2.72. The molecule has 0 bridgehead atoms. The van der Waals surface area contributed by atoms with Gasteiger partial charge in [0.05, 0.1) is 23.7 Å². The Bertz CT molecular complexity index is 545. The normalized spacial score (nSPS) is 11.2. The third-order valence-electron chi connectivity index (χ3n) is 2.33. The van der Waals surface area contributed by atoms with Crippen LogP contribution in [0.5, 0.6) is 0 Å². The van der Waals surface area contributed by atoms with Crippen molar-refractivity contribution in [2.75, 3.05) is 0 Å². The fourth-order valence-electron chi connectivity index (χ4n) is 1.51. The molecule has 0 aliphatic rings. The van der Waals surface area contributed by atoms with Crippen molar-refractivity contribution in [3.05, 3.63) is 39.4 Å². The number of rotatable bonds is 4. The Morgan fingerprint density at radius 2 is 2.17 bits per heavy atom. The van der Waals surface area contributed by atoms with E-state index < -0.39 is 18.7 Å². The van der Waals surface area contributed by atoms with Crippen LogP contribution >= 0.6 is 11.3 Å².